The second-order valence-corrected chi connectivity index (χ2v) is 14.2. The molecular weight excluding hydrogens is 809 g/mol. The van der Waals surface area contributed by atoms with Crippen molar-refractivity contribution in [2.45, 2.75) is 0 Å². The van der Waals surface area contributed by atoms with Gasteiger partial charge in [-0.05, 0) is 130 Å². The third kappa shape index (κ3) is 9.88. The largest absolute Gasteiger partial charge is 0.497 e. The number of benzene rings is 8. The molecule has 8 aromatic carbocycles. The van der Waals surface area contributed by atoms with E-state index in [1.165, 1.54) is 12.2 Å². The Kier molecular flexibility index (Phi) is 12.7. The van der Waals surface area contributed by atoms with Gasteiger partial charge in [-0.25, -0.2) is 19.2 Å². The third-order valence-corrected chi connectivity index (χ3v) is 10.1. The Labute approximate surface area is 368 Å². The first-order chi connectivity index (χ1) is 31.2. The molecule has 314 valence electrons. The van der Waals surface area contributed by atoms with Crippen molar-refractivity contribution < 1.29 is 47.6 Å². The molecule has 0 spiro atoms. The van der Waals surface area contributed by atoms with E-state index in [-0.39, 0.29) is 11.5 Å². The van der Waals surface area contributed by atoms with E-state index >= 15 is 0 Å². The van der Waals surface area contributed by atoms with Crippen molar-refractivity contribution in [2.75, 3.05) is 14.2 Å². The highest BCUT2D eigenvalue weighted by Gasteiger charge is 2.21. The van der Waals surface area contributed by atoms with E-state index in [1.54, 1.807) is 136 Å². The number of ether oxygens (including phenoxy) is 6. The summed E-state index contributed by atoms with van der Waals surface area (Å²) in [5, 5.41) is 3.30. The zero-order valence-corrected chi connectivity index (χ0v) is 34.6. The summed E-state index contributed by atoms with van der Waals surface area (Å²) in [4.78, 5) is 52.3. The normalized spacial score (nSPS) is 11.1. The Morgan fingerprint density at radius 2 is 0.734 bits per heavy atom. The highest BCUT2D eigenvalue weighted by molar-refractivity contribution is 6.11. The first kappa shape index (κ1) is 42.0. The summed E-state index contributed by atoms with van der Waals surface area (Å²) < 4.78 is 33.4. The molecule has 64 heavy (non-hydrogen) atoms. The molecule has 0 saturated carbocycles. The second kappa shape index (κ2) is 19.3. The van der Waals surface area contributed by atoms with Crippen LogP contribution < -0.4 is 28.4 Å². The van der Waals surface area contributed by atoms with Gasteiger partial charge in [-0.1, -0.05) is 84.9 Å². The molecule has 0 saturated heterocycles. The summed E-state index contributed by atoms with van der Waals surface area (Å²) in [6, 6.07) is 49.1. The Morgan fingerprint density at radius 3 is 1.11 bits per heavy atom. The summed E-state index contributed by atoms with van der Waals surface area (Å²) in [5.74, 6) is 0.116. The minimum absolute atomic E-state index is 0.256. The van der Waals surface area contributed by atoms with Crippen LogP contribution in [0.25, 0.3) is 44.8 Å². The van der Waals surface area contributed by atoms with Crippen LogP contribution in [-0.4, -0.2) is 38.1 Å². The highest BCUT2D eigenvalue weighted by Crippen LogP contribution is 2.45. The summed E-state index contributed by atoms with van der Waals surface area (Å²) >= 11 is 0. The molecule has 10 heteroatoms. The molecule has 0 radical (unpaired) electrons. The highest BCUT2D eigenvalue weighted by atomic mass is 16.5. The van der Waals surface area contributed by atoms with Crippen LogP contribution in [0.1, 0.15) is 31.8 Å². The first-order valence-corrected chi connectivity index (χ1v) is 20.0. The van der Waals surface area contributed by atoms with Gasteiger partial charge in [-0.3, -0.25) is 0 Å². The Bertz CT molecular complexity index is 2850. The number of rotatable bonds is 13. The van der Waals surface area contributed by atoms with Crippen LogP contribution in [-0.2, 0) is 9.59 Å². The van der Waals surface area contributed by atoms with Crippen molar-refractivity contribution in [3.8, 4) is 45.6 Å². The van der Waals surface area contributed by atoms with Gasteiger partial charge in [0.2, 0.25) is 0 Å². The minimum atomic E-state index is -0.644. The van der Waals surface area contributed by atoms with Crippen molar-refractivity contribution in [1.82, 2.24) is 0 Å². The molecule has 10 nitrogen and oxygen atoms in total. The van der Waals surface area contributed by atoms with E-state index in [0.717, 1.165) is 21.5 Å². The first-order valence-electron chi connectivity index (χ1n) is 20.0. The van der Waals surface area contributed by atoms with Gasteiger partial charge in [0.05, 0.1) is 25.3 Å². The zero-order chi connectivity index (χ0) is 44.4. The van der Waals surface area contributed by atoms with E-state index in [4.69, 9.17) is 28.4 Å². The van der Waals surface area contributed by atoms with Crippen LogP contribution in [0.5, 0.6) is 34.5 Å². The minimum Gasteiger partial charge on any atom is -0.497 e. The van der Waals surface area contributed by atoms with Crippen LogP contribution in [0.2, 0.25) is 0 Å². The van der Waals surface area contributed by atoms with Gasteiger partial charge in [0.25, 0.3) is 0 Å². The van der Waals surface area contributed by atoms with Gasteiger partial charge in [0, 0.05) is 23.3 Å². The summed E-state index contributed by atoms with van der Waals surface area (Å²) in [6.45, 7) is 0. The number of esters is 4. The SMILES string of the molecule is COc1ccc(C(=O)Oc2ccc(/C=C/C(=O)Oc3ccc4ccccc4c3-c3c(OC(=O)/C=C/c4ccc(OC(=O)c5ccc(OC)cc5)cc4)ccc4ccccc34)cc2)cc1. The zero-order valence-electron chi connectivity index (χ0n) is 34.6. The fraction of sp³-hybridized carbons (Fsp3) is 0.0370. The van der Waals surface area contributed by atoms with E-state index in [1.807, 2.05) is 60.7 Å². The second-order valence-electron chi connectivity index (χ2n) is 14.2. The number of carbonyl (C=O) groups is 4. The summed E-state index contributed by atoms with van der Waals surface area (Å²) in [6.07, 6.45) is 5.81. The smallest absolute Gasteiger partial charge is 0.343 e. The Hall–Kier alpha value is -8.76. The number of hydrogen-bond acceptors (Lipinski definition) is 10. The Balaban J connectivity index is 1.01. The van der Waals surface area contributed by atoms with Gasteiger partial charge in [0.1, 0.15) is 34.5 Å². The molecule has 0 aliphatic heterocycles. The van der Waals surface area contributed by atoms with E-state index in [2.05, 4.69) is 0 Å². The molecule has 0 amide bonds. The number of methoxy groups -OCH3 is 2. The summed E-state index contributed by atoms with van der Waals surface area (Å²) in [5.41, 5.74) is 3.20. The third-order valence-electron chi connectivity index (χ3n) is 10.1. The monoisotopic (exact) mass is 846 g/mol. The van der Waals surface area contributed by atoms with Gasteiger partial charge in [-0.2, -0.15) is 0 Å². The molecular formula is C54H38O10. The van der Waals surface area contributed by atoms with E-state index < -0.39 is 23.9 Å². The van der Waals surface area contributed by atoms with Crippen molar-refractivity contribution in [3.05, 3.63) is 204 Å². The lowest BCUT2D eigenvalue weighted by atomic mass is 9.92. The number of carbonyl (C=O) groups excluding carboxylic acids is 4. The van der Waals surface area contributed by atoms with E-state index in [9.17, 15) is 19.2 Å². The average molecular weight is 847 g/mol. The predicted octanol–water partition coefficient (Wildman–Crippen LogP) is 11.4. The Morgan fingerprint density at radius 1 is 0.375 bits per heavy atom. The molecule has 8 aromatic rings. The van der Waals surface area contributed by atoms with Crippen molar-refractivity contribution >= 4 is 57.6 Å². The van der Waals surface area contributed by atoms with Crippen molar-refractivity contribution in [3.63, 3.8) is 0 Å². The fourth-order valence-electron chi connectivity index (χ4n) is 6.88. The van der Waals surface area contributed by atoms with Crippen LogP contribution >= 0.6 is 0 Å². The molecule has 0 aliphatic rings. The molecule has 0 bridgehead atoms. The molecule has 0 fully saturated rings. The van der Waals surface area contributed by atoms with Gasteiger partial charge in [0.15, 0.2) is 0 Å². The molecule has 0 unspecified atom stereocenters. The standard InChI is InChI=1S/C54H38O10/c1-59-41-27-17-39(18-28-41)53(57)61-43-23-11-35(12-24-43)15-33-49(55)63-47-31-21-37-7-3-5-9-45(37)51(47)52-46-10-6-4-8-38(46)22-32-48(52)64-50(56)34-16-36-13-25-44(26-14-36)62-54(58)40-19-29-42(60-2)30-20-40/h3-34H,1-2H3/b33-15+,34-16+. The summed E-state index contributed by atoms with van der Waals surface area (Å²) in [7, 11) is 3.10. The van der Waals surface area contributed by atoms with Crippen LogP contribution in [0, 0.1) is 0 Å². The van der Waals surface area contributed by atoms with Crippen molar-refractivity contribution in [1.29, 1.82) is 0 Å². The fourth-order valence-corrected chi connectivity index (χ4v) is 6.88. The van der Waals surface area contributed by atoms with Gasteiger partial charge < -0.3 is 28.4 Å². The van der Waals surface area contributed by atoms with Crippen LogP contribution in [0.4, 0.5) is 0 Å². The molecule has 0 heterocycles. The molecule has 0 aromatic heterocycles. The maximum atomic E-state index is 13.5. The van der Waals surface area contributed by atoms with Crippen molar-refractivity contribution in [2.24, 2.45) is 0 Å². The average Bonchev–Trinajstić information content (AvgIpc) is 3.33. The van der Waals surface area contributed by atoms with Crippen LogP contribution in [0.3, 0.4) is 0 Å². The lowest BCUT2D eigenvalue weighted by Gasteiger charge is -2.18. The van der Waals surface area contributed by atoms with Crippen LogP contribution in [0.15, 0.2) is 182 Å². The number of fused-ring (bicyclic) bond motifs is 2. The molecule has 8 rings (SSSR count). The van der Waals surface area contributed by atoms with Gasteiger partial charge in [-0.15, -0.1) is 0 Å². The maximum Gasteiger partial charge on any atom is 0.343 e. The molecule has 0 aliphatic carbocycles. The van der Waals surface area contributed by atoms with E-state index in [0.29, 0.717) is 56.4 Å². The predicted molar refractivity (Wildman–Crippen MR) is 245 cm³/mol. The molecule has 0 atom stereocenters. The lowest BCUT2D eigenvalue weighted by Crippen LogP contribution is -2.08. The lowest BCUT2D eigenvalue weighted by molar-refractivity contribution is -0.129. The number of hydrogen-bond donors (Lipinski definition) is 0. The topological polar surface area (TPSA) is 124 Å². The molecule has 0 N–H and O–H groups in total. The van der Waals surface area contributed by atoms with Gasteiger partial charge >= 0.3 is 23.9 Å². The quantitative estimate of drug-likeness (QED) is 0.0629. The maximum absolute atomic E-state index is 13.5.